The molecule has 13 heteroatoms. The van der Waals surface area contributed by atoms with E-state index >= 15 is 0 Å². The molecule has 0 heterocycles. The lowest BCUT2D eigenvalue weighted by Gasteiger charge is -2.41. The summed E-state index contributed by atoms with van der Waals surface area (Å²) in [6.07, 6.45) is 36.5. The Hall–Kier alpha value is -2.48. The van der Waals surface area contributed by atoms with Crippen LogP contribution in [-0.2, 0) is 27.9 Å². The van der Waals surface area contributed by atoms with Crippen molar-refractivity contribution in [2.45, 2.75) is 185 Å². The van der Waals surface area contributed by atoms with Crippen LogP contribution in [0, 0.1) is 0 Å². The monoisotopic (exact) mass is 867 g/mol. The molecule has 0 bridgehead atoms. The first-order valence-electron chi connectivity index (χ1n) is 22.4. The van der Waals surface area contributed by atoms with Crippen LogP contribution in [0.1, 0.15) is 142 Å². The van der Waals surface area contributed by atoms with Crippen molar-refractivity contribution in [1.82, 2.24) is 0 Å². The fraction of sp³-hybridized carbons (Fsp3) is 0.681. The molecule has 0 aliphatic heterocycles. The van der Waals surface area contributed by atoms with Crippen LogP contribution in [0.15, 0.2) is 85.1 Å². The number of rotatable bonds is 36. The predicted octanol–water partition coefficient (Wildman–Crippen LogP) is 8.97. The van der Waals surface area contributed by atoms with Crippen LogP contribution in [0.2, 0.25) is 0 Å². The highest BCUT2D eigenvalue weighted by atomic mass is 31.2. The van der Waals surface area contributed by atoms with Gasteiger partial charge in [0.05, 0.1) is 13.2 Å². The van der Waals surface area contributed by atoms with Gasteiger partial charge >= 0.3 is 13.8 Å². The molecule has 6 unspecified atom stereocenters. The SMILES string of the molecule is CC/C=C\C/C=C\C/C=C\C/C=C\CCCCCOCC(COP(=O)(O)OC1C(O)C(O)C(O)C(O)C1O)OC(=O)CCCCCCCCC/C=C\C/C=C\C/C=C\CC. The summed E-state index contributed by atoms with van der Waals surface area (Å²) in [5, 5.41) is 50.2. The molecule has 12 nitrogen and oxygen atoms in total. The van der Waals surface area contributed by atoms with Crippen LogP contribution in [0.4, 0.5) is 0 Å². The van der Waals surface area contributed by atoms with Crippen LogP contribution < -0.4 is 0 Å². The summed E-state index contributed by atoms with van der Waals surface area (Å²) >= 11 is 0. The number of unbranched alkanes of at least 4 members (excludes halogenated alkanes) is 10. The average molecular weight is 867 g/mol. The minimum Gasteiger partial charge on any atom is -0.457 e. The summed E-state index contributed by atoms with van der Waals surface area (Å²) in [6, 6.07) is 0. The maximum atomic E-state index is 12.8. The number of aliphatic hydroxyl groups excluding tert-OH is 5. The Labute approximate surface area is 361 Å². The lowest BCUT2D eigenvalue weighted by molar-refractivity contribution is -0.220. The van der Waals surface area contributed by atoms with E-state index in [0.29, 0.717) is 13.0 Å². The van der Waals surface area contributed by atoms with E-state index in [1.54, 1.807) is 0 Å². The highest BCUT2D eigenvalue weighted by Crippen LogP contribution is 2.47. The van der Waals surface area contributed by atoms with E-state index in [2.05, 4.69) is 98.9 Å². The fourth-order valence-corrected chi connectivity index (χ4v) is 7.21. The maximum absolute atomic E-state index is 12.8. The van der Waals surface area contributed by atoms with Gasteiger partial charge in [-0.25, -0.2) is 4.57 Å². The highest BCUT2D eigenvalue weighted by Gasteiger charge is 2.51. The molecule has 0 amide bonds. The fourth-order valence-electron chi connectivity index (χ4n) is 6.24. The third-order valence-electron chi connectivity index (χ3n) is 9.76. The van der Waals surface area contributed by atoms with Gasteiger partial charge in [-0.2, -0.15) is 0 Å². The molecule has 344 valence electrons. The molecule has 0 aromatic rings. The zero-order chi connectivity index (χ0) is 44.1. The zero-order valence-electron chi connectivity index (χ0n) is 36.5. The number of aliphatic hydroxyl groups is 5. The largest absolute Gasteiger partial charge is 0.472 e. The second-order valence-electron chi connectivity index (χ2n) is 15.1. The first-order valence-corrected chi connectivity index (χ1v) is 23.9. The number of phosphoric ester groups is 1. The highest BCUT2D eigenvalue weighted by molar-refractivity contribution is 7.47. The predicted molar refractivity (Wildman–Crippen MR) is 239 cm³/mol. The van der Waals surface area contributed by atoms with E-state index in [-0.39, 0.29) is 13.0 Å². The third kappa shape index (κ3) is 28.9. The number of hydrogen-bond donors (Lipinski definition) is 6. The topological polar surface area (TPSA) is 192 Å². The van der Waals surface area contributed by atoms with E-state index in [9.17, 15) is 39.8 Å². The molecule has 0 radical (unpaired) electrons. The molecule has 60 heavy (non-hydrogen) atoms. The van der Waals surface area contributed by atoms with Crippen molar-refractivity contribution in [1.29, 1.82) is 0 Å². The molecule has 1 aliphatic carbocycles. The number of esters is 1. The number of ether oxygens (including phenoxy) is 2. The van der Waals surface area contributed by atoms with Gasteiger partial charge < -0.3 is 39.9 Å². The van der Waals surface area contributed by atoms with E-state index in [0.717, 1.165) is 116 Å². The van der Waals surface area contributed by atoms with E-state index in [4.69, 9.17) is 18.5 Å². The van der Waals surface area contributed by atoms with Gasteiger partial charge in [0.25, 0.3) is 0 Å². The molecule has 0 spiro atoms. The summed E-state index contributed by atoms with van der Waals surface area (Å²) in [5.74, 6) is -0.503. The molecule has 1 fully saturated rings. The maximum Gasteiger partial charge on any atom is 0.472 e. The van der Waals surface area contributed by atoms with Crippen LogP contribution in [0.25, 0.3) is 0 Å². The second-order valence-corrected chi connectivity index (χ2v) is 16.5. The molecule has 0 saturated heterocycles. The van der Waals surface area contributed by atoms with Crippen molar-refractivity contribution in [3.8, 4) is 0 Å². The smallest absolute Gasteiger partial charge is 0.457 e. The van der Waals surface area contributed by atoms with Gasteiger partial charge in [0, 0.05) is 13.0 Å². The zero-order valence-corrected chi connectivity index (χ0v) is 37.4. The molecule has 0 aromatic carbocycles. The van der Waals surface area contributed by atoms with Gasteiger partial charge in [-0.3, -0.25) is 13.8 Å². The summed E-state index contributed by atoms with van der Waals surface area (Å²) < 4.78 is 34.1. The summed E-state index contributed by atoms with van der Waals surface area (Å²) in [5.41, 5.74) is 0. The minimum absolute atomic E-state index is 0.108. The lowest BCUT2D eigenvalue weighted by Crippen LogP contribution is -2.64. The first-order chi connectivity index (χ1) is 29.0. The quantitative estimate of drug-likeness (QED) is 0.0152. The van der Waals surface area contributed by atoms with Crippen LogP contribution in [0.5, 0.6) is 0 Å². The molecule has 6 atom stereocenters. The summed E-state index contributed by atoms with van der Waals surface area (Å²) in [4.78, 5) is 23.1. The number of allylic oxidation sites excluding steroid dienone is 14. The van der Waals surface area contributed by atoms with Crippen molar-refractivity contribution < 1.29 is 58.3 Å². The normalized spacial score (nSPS) is 23.1. The second kappa shape index (κ2) is 37.1. The number of carbonyl (C=O) groups excluding carboxylic acids is 1. The van der Waals surface area contributed by atoms with Gasteiger partial charge in [0.2, 0.25) is 0 Å². The molecule has 6 N–H and O–H groups in total. The Morgan fingerprint density at radius 1 is 0.533 bits per heavy atom. The first kappa shape index (κ1) is 55.5. The van der Waals surface area contributed by atoms with E-state index in [1.807, 2.05) is 0 Å². The number of hydrogen-bond acceptors (Lipinski definition) is 11. The minimum atomic E-state index is -5.03. The number of carbonyl (C=O) groups is 1. The Morgan fingerprint density at radius 3 is 1.42 bits per heavy atom. The number of phosphoric acid groups is 1. The summed E-state index contributed by atoms with van der Waals surface area (Å²) in [6.45, 7) is 3.93. The Kier molecular flexibility index (Phi) is 34.3. The van der Waals surface area contributed by atoms with Crippen LogP contribution in [0.3, 0.4) is 0 Å². The average Bonchev–Trinajstić information content (AvgIpc) is 3.23. The van der Waals surface area contributed by atoms with Crippen LogP contribution >= 0.6 is 7.82 Å². The van der Waals surface area contributed by atoms with Crippen molar-refractivity contribution in [2.75, 3.05) is 19.8 Å². The van der Waals surface area contributed by atoms with E-state index < -0.39 is 63.1 Å². The van der Waals surface area contributed by atoms with Gasteiger partial charge in [-0.1, -0.05) is 137 Å². The van der Waals surface area contributed by atoms with Crippen molar-refractivity contribution in [3.63, 3.8) is 0 Å². The van der Waals surface area contributed by atoms with Crippen molar-refractivity contribution >= 4 is 13.8 Å². The molecular weight excluding hydrogens is 787 g/mol. The van der Waals surface area contributed by atoms with Gasteiger partial charge in [-0.05, 0) is 83.5 Å². The molecular formula is C47H79O12P. The van der Waals surface area contributed by atoms with Gasteiger partial charge in [0.1, 0.15) is 42.7 Å². The van der Waals surface area contributed by atoms with Crippen LogP contribution in [-0.4, -0.2) is 98.9 Å². The Morgan fingerprint density at radius 2 is 0.933 bits per heavy atom. The molecule has 1 aliphatic rings. The Balaban J connectivity index is 2.45. The lowest BCUT2D eigenvalue weighted by atomic mass is 9.85. The molecule has 1 saturated carbocycles. The van der Waals surface area contributed by atoms with Crippen molar-refractivity contribution in [3.05, 3.63) is 85.1 Å². The summed E-state index contributed by atoms with van der Waals surface area (Å²) in [7, 11) is -5.03. The van der Waals surface area contributed by atoms with Gasteiger partial charge in [0.15, 0.2) is 0 Å². The standard InChI is InChI=1S/C47H79O12P/c1-3-5-7-9-11-13-15-17-19-21-22-24-26-28-30-32-34-36-41(48)58-40(39-57-60(54,55)59-47-45(52)43(50)42(49)44(51)46(47)53)38-56-37-35-33-31-29-27-25-23-20-18-16-14-12-10-8-6-4-2/h5-8,11-14,17-20,25,27,40,42-47,49-53H,3-4,9-10,15-16,21-24,26,28-39H2,1-2H3,(H,54,55)/b7-5-,8-6-,13-11-,14-12-,19-17-,20-18-,27-25-. The third-order valence-corrected chi connectivity index (χ3v) is 10.7. The Bertz CT molecular complexity index is 1310. The van der Waals surface area contributed by atoms with Gasteiger partial charge in [-0.15, -0.1) is 0 Å². The molecule has 1 rings (SSSR count). The van der Waals surface area contributed by atoms with Crippen molar-refractivity contribution in [2.24, 2.45) is 0 Å². The van der Waals surface area contributed by atoms with E-state index in [1.165, 1.54) is 0 Å². The molecule has 0 aromatic heterocycles.